The first kappa shape index (κ1) is 24.3. The van der Waals surface area contributed by atoms with E-state index < -0.39 is 22.5 Å². The van der Waals surface area contributed by atoms with E-state index in [1.807, 2.05) is 31.2 Å². The van der Waals surface area contributed by atoms with Crippen LogP contribution in [0.2, 0.25) is 5.02 Å². The summed E-state index contributed by atoms with van der Waals surface area (Å²) in [6, 6.07) is 23.4. The van der Waals surface area contributed by atoms with E-state index in [0.29, 0.717) is 5.56 Å². The minimum absolute atomic E-state index is 0.00124. The first-order chi connectivity index (χ1) is 16.8. The highest BCUT2D eigenvalue weighted by molar-refractivity contribution is 7.92. The van der Waals surface area contributed by atoms with Crippen LogP contribution in [0.25, 0.3) is 10.8 Å². The molecule has 35 heavy (non-hydrogen) atoms. The molecule has 0 heterocycles. The van der Waals surface area contributed by atoms with Gasteiger partial charge in [-0.2, -0.15) is 5.10 Å². The molecule has 0 aliphatic heterocycles. The van der Waals surface area contributed by atoms with Crippen LogP contribution in [0.5, 0.6) is 5.75 Å². The van der Waals surface area contributed by atoms with Crippen molar-refractivity contribution in [2.45, 2.75) is 11.8 Å². The van der Waals surface area contributed by atoms with Crippen molar-refractivity contribution in [3.05, 3.63) is 101 Å². The molecule has 4 aromatic rings. The zero-order chi connectivity index (χ0) is 25.0. The van der Waals surface area contributed by atoms with Crippen molar-refractivity contribution in [1.29, 1.82) is 0 Å². The lowest BCUT2D eigenvalue weighted by Gasteiger charge is -2.24. The van der Waals surface area contributed by atoms with E-state index in [-0.39, 0.29) is 21.4 Å². The highest BCUT2D eigenvalue weighted by atomic mass is 35.5. The number of hydrazone groups is 1. The summed E-state index contributed by atoms with van der Waals surface area (Å²) < 4.78 is 27.8. The lowest BCUT2D eigenvalue weighted by atomic mass is 10.0. The second-order valence-electron chi connectivity index (χ2n) is 7.79. The molecule has 4 aromatic carbocycles. The van der Waals surface area contributed by atoms with Crippen molar-refractivity contribution in [2.24, 2.45) is 5.10 Å². The Morgan fingerprint density at radius 3 is 2.43 bits per heavy atom. The van der Waals surface area contributed by atoms with E-state index in [1.165, 1.54) is 24.4 Å². The van der Waals surface area contributed by atoms with E-state index in [4.69, 9.17) is 11.6 Å². The summed E-state index contributed by atoms with van der Waals surface area (Å²) in [5.74, 6) is -0.682. The summed E-state index contributed by atoms with van der Waals surface area (Å²) in [6.07, 6.45) is 1.32. The molecule has 0 aliphatic rings. The zero-order valence-corrected chi connectivity index (χ0v) is 20.3. The maximum Gasteiger partial charge on any atom is 0.264 e. The predicted octanol–water partition coefficient (Wildman–Crippen LogP) is 4.85. The molecule has 9 heteroatoms. The van der Waals surface area contributed by atoms with Crippen LogP contribution in [-0.2, 0) is 14.8 Å². The molecule has 0 aromatic heterocycles. The summed E-state index contributed by atoms with van der Waals surface area (Å²) in [4.78, 5) is 12.8. The van der Waals surface area contributed by atoms with Crippen molar-refractivity contribution in [1.82, 2.24) is 5.43 Å². The molecule has 1 amide bonds. The van der Waals surface area contributed by atoms with Crippen LogP contribution in [0.4, 0.5) is 5.69 Å². The number of anilines is 1. The lowest BCUT2D eigenvalue weighted by molar-refractivity contribution is -0.119. The van der Waals surface area contributed by atoms with Crippen LogP contribution in [0, 0.1) is 6.92 Å². The summed E-state index contributed by atoms with van der Waals surface area (Å²) in [7, 11) is -4.10. The fourth-order valence-electron chi connectivity index (χ4n) is 3.55. The molecule has 0 unspecified atom stereocenters. The van der Waals surface area contributed by atoms with Gasteiger partial charge in [0.25, 0.3) is 15.9 Å². The van der Waals surface area contributed by atoms with Crippen molar-refractivity contribution in [3.63, 3.8) is 0 Å². The molecule has 0 aliphatic carbocycles. The van der Waals surface area contributed by atoms with Crippen LogP contribution >= 0.6 is 11.6 Å². The van der Waals surface area contributed by atoms with Crippen LogP contribution < -0.4 is 9.73 Å². The number of hydrogen-bond acceptors (Lipinski definition) is 5. The van der Waals surface area contributed by atoms with Gasteiger partial charge in [-0.1, -0.05) is 71.8 Å². The third kappa shape index (κ3) is 5.29. The number of benzene rings is 4. The van der Waals surface area contributed by atoms with Gasteiger partial charge >= 0.3 is 0 Å². The first-order valence-corrected chi connectivity index (χ1v) is 12.5. The number of rotatable bonds is 7. The fraction of sp³-hybridized carbons (Fsp3) is 0.0769. The van der Waals surface area contributed by atoms with Gasteiger partial charge in [0.2, 0.25) is 0 Å². The molecular weight excluding hydrogens is 486 g/mol. The number of aromatic hydroxyl groups is 1. The van der Waals surface area contributed by atoms with Crippen molar-refractivity contribution in [3.8, 4) is 5.75 Å². The number of sulfonamides is 1. The normalized spacial score (nSPS) is 11.6. The SMILES string of the molecule is Cc1ccc(S(=O)(=O)N(CC(=O)N/N=C/c2c(O)ccc3ccccc23)c2ccccc2Cl)cc1. The topological polar surface area (TPSA) is 99.1 Å². The molecule has 178 valence electrons. The van der Waals surface area contributed by atoms with E-state index in [1.54, 1.807) is 42.5 Å². The minimum Gasteiger partial charge on any atom is -0.507 e. The van der Waals surface area contributed by atoms with Crippen LogP contribution in [0.1, 0.15) is 11.1 Å². The van der Waals surface area contributed by atoms with E-state index in [9.17, 15) is 18.3 Å². The van der Waals surface area contributed by atoms with Gasteiger partial charge in [-0.15, -0.1) is 0 Å². The number of nitrogens with zero attached hydrogens (tertiary/aromatic N) is 2. The Bertz CT molecular complexity index is 1520. The fourth-order valence-corrected chi connectivity index (χ4v) is 5.27. The zero-order valence-electron chi connectivity index (χ0n) is 18.7. The predicted molar refractivity (Wildman–Crippen MR) is 139 cm³/mol. The third-order valence-electron chi connectivity index (χ3n) is 5.35. The Hall–Kier alpha value is -3.88. The molecule has 0 fully saturated rings. The van der Waals surface area contributed by atoms with E-state index in [2.05, 4.69) is 10.5 Å². The van der Waals surface area contributed by atoms with Crippen molar-refractivity contribution in [2.75, 3.05) is 10.8 Å². The number of amides is 1. The molecule has 4 rings (SSSR count). The maximum atomic E-state index is 13.4. The Morgan fingerprint density at radius 2 is 1.69 bits per heavy atom. The molecule has 0 spiro atoms. The first-order valence-electron chi connectivity index (χ1n) is 10.6. The average Bonchev–Trinajstić information content (AvgIpc) is 2.84. The van der Waals surface area contributed by atoms with Gasteiger partial charge in [-0.25, -0.2) is 13.8 Å². The van der Waals surface area contributed by atoms with E-state index >= 15 is 0 Å². The number of hydrogen-bond donors (Lipinski definition) is 2. The van der Waals surface area contributed by atoms with E-state index in [0.717, 1.165) is 20.6 Å². The Labute approximate surface area is 208 Å². The van der Waals surface area contributed by atoms with Crippen LogP contribution in [0.3, 0.4) is 0 Å². The second-order valence-corrected chi connectivity index (χ2v) is 10.1. The molecule has 0 radical (unpaired) electrons. The molecule has 7 nitrogen and oxygen atoms in total. The van der Waals surface area contributed by atoms with Gasteiger partial charge in [0.1, 0.15) is 12.3 Å². The number of carbonyl (C=O) groups excluding carboxylic acids is 1. The number of phenolic OH excluding ortho intramolecular Hbond substituents is 1. The lowest BCUT2D eigenvalue weighted by Crippen LogP contribution is -2.39. The number of para-hydroxylation sites is 1. The summed E-state index contributed by atoms with van der Waals surface area (Å²) in [5, 5.41) is 16.0. The highest BCUT2D eigenvalue weighted by Gasteiger charge is 2.28. The number of aryl methyl sites for hydroxylation is 1. The summed E-state index contributed by atoms with van der Waals surface area (Å²) >= 11 is 6.28. The smallest absolute Gasteiger partial charge is 0.264 e. The van der Waals surface area contributed by atoms with Gasteiger partial charge in [-0.3, -0.25) is 9.10 Å². The Morgan fingerprint density at radius 1 is 1.00 bits per heavy atom. The molecular formula is C26H22ClN3O4S. The van der Waals surface area contributed by atoms with Gasteiger partial charge in [-0.05, 0) is 48.0 Å². The van der Waals surface area contributed by atoms with Crippen LogP contribution in [0.15, 0.2) is 94.9 Å². The minimum atomic E-state index is -4.10. The molecule has 0 atom stereocenters. The molecule has 2 N–H and O–H groups in total. The van der Waals surface area contributed by atoms with Crippen molar-refractivity contribution >= 4 is 50.2 Å². The number of fused-ring (bicyclic) bond motifs is 1. The summed E-state index contributed by atoms with van der Waals surface area (Å²) in [5.41, 5.74) is 3.84. The molecule has 0 saturated heterocycles. The Kier molecular flexibility index (Phi) is 7.04. The standard InChI is InChI=1S/C26H22ClN3O4S/c1-18-10-13-20(14-11-18)35(33,34)30(24-9-5-4-8-23(24)27)17-26(32)29-28-16-22-21-7-3-2-6-19(21)12-15-25(22)31/h2-16,31H,17H2,1H3,(H,29,32)/b28-16+. The van der Waals surface area contributed by atoms with Crippen LogP contribution in [-0.4, -0.2) is 32.2 Å². The number of carbonyl (C=O) groups is 1. The van der Waals surface area contributed by atoms with Gasteiger partial charge in [0, 0.05) is 5.56 Å². The van der Waals surface area contributed by atoms with Crippen molar-refractivity contribution < 1.29 is 18.3 Å². The van der Waals surface area contributed by atoms with Gasteiger partial charge < -0.3 is 5.11 Å². The number of halogens is 1. The monoisotopic (exact) mass is 507 g/mol. The largest absolute Gasteiger partial charge is 0.507 e. The quantitative estimate of drug-likeness (QED) is 0.276. The number of phenols is 1. The molecule has 0 bridgehead atoms. The number of nitrogens with one attached hydrogen (secondary N) is 1. The average molecular weight is 508 g/mol. The third-order valence-corrected chi connectivity index (χ3v) is 7.44. The maximum absolute atomic E-state index is 13.4. The summed E-state index contributed by atoms with van der Waals surface area (Å²) in [6.45, 7) is 1.29. The molecule has 0 saturated carbocycles. The Balaban J connectivity index is 1.61. The highest BCUT2D eigenvalue weighted by Crippen LogP contribution is 2.30. The van der Waals surface area contributed by atoms with Gasteiger partial charge in [0.05, 0.1) is 21.8 Å². The van der Waals surface area contributed by atoms with Gasteiger partial charge in [0.15, 0.2) is 0 Å². The second kappa shape index (κ2) is 10.2.